The average molecular weight is 350 g/mol. The molecule has 0 aliphatic rings. The number of phenolic OH excluding ortho intramolecular Hbond substituents is 1. The summed E-state index contributed by atoms with van der Waals surface area (Å²) in [5, 5.41) is 10.8. The van der Waals surface area contributed by atoms with Crippen LogP contribution in [-0.4, -0.2) is 16.3 Å². The second-order valence-electron chi connectivity index (χ2n) is 6.17. The van der Waals surface area contributed by atoms with Crippen LogP contribution in [0.4, 0.5) is 5.69 Å². The molecular formula is C24H18N2O. The van der Waals surface area contributed by atoms with Crippen LogP contribution in [0.2, 0.25) is 0 Å². The summed E-state index contributed by atoms with van der Waals surface area (Å²) in [4.78, 5) is 8.80. The van der Waals surface area contributed by atoms with Gasteiger partial charge in [-0.2, -0.15) is 0 Å². The van der Waals surface area contributed by atoms with Crippen LogP contribution in [0.25, 0.3) is 23.1 Å². The van der Waals surface area contributed by atoms with Crippen molar-refractivity contribution in [3.05, 3.63) is 102 Å². The summed E-state index contributed by atoms with van der Waals surface area (Å²) in [6.07, 6.45) is 7.68. The van der Waals surface area contributed by atoms with Crippen LogP contribution in [0.3, 0.4) is 0 Å². The molecule has 0 atom stereocenters. The SMILES string of the molecule is Oc1ccc(N=Cc2ccc(C=Cc3ccccc3)cc2)c2cccnc12. The summed E-state index contributed by atoms with van der Waals surface area (Å²) in [6, 6.07) is 25.6. The lowest BCUT2D eigenvalue weighted by molar-refractivity contribution is 0.480. The lowest BCUT2D eigenvalue weighted by Crippen LogP contribution is -1.83. The van der Waals surface area contributed by atoms with Crippen LogP contribution in [-0.2, 0) is 0 Å². The first kappa shape index (κ1) is 16.7. The van der Waals surface area contributed by atoms with Gasteiger partial charge in [-0.15, -0.1) is 0 Å². The number of hydrogen-bond acceptors (Lipinski definition) is 3. The van der Waals surface area contributed by atoms with E-state index in [0.717, 1.165) is 22.2 Å². The summed E-state index contributed by atoms with van der Waals surface area (Å²) in [6.45, 7) is 0. The molecule has 0 amide bonds. The maximum atomic E-state index is 9.92. The zero-order valence-corrected chi connectivity index (χ0v) is 14.7. The molecule has 0 bridgehead atoms. The average Bonchev–Trinajstić information content (AvgIpc) is 2.73. The number of nitrogens with zero attached hydrogens (tertiary/aromatic N) is 2. The molecule has 1 heterocycles. The van der Waals surface area contributed by atoms with Crippen LogP contribution >= 0.6 is 0 Å². The summed E-state index contributed by atoms with van der Waals surface area (Å²) >= 11 is 0. The normalized spacial score (nSPS) is 11.6. The molecule has 27 heavy (non-hydrogen) atoms. The summed E-state index contributed by atoms with van der Waals surface area (Å²) in [5.74, 6) is 0.166. The zero-order valence-electron chi connectivity index (χ0n) is 14.7. The number of aromatic hydroxyl groups is 1. The first-order chi connectivity index (χ1) is 13.3. The minimum Gasteiger partial charge on any atom is -0.506 e. The van der Waals surface area contributed by atoms with E-state index in [9.17, 15) is 5.11 Å². The van der Waals surface area contributed by atoms with E-state index in [2.05, 4.69) is 46.4 Å². The molecule has 0 saturated carbocycles. The van der Waals surface area contributed by atoms with Gasteiger partial charge in [0.2, 0.25) is 0 Å². The van der Waals surface area contributed by atoms with Crippen LogP contribution in [0.5, 0.6) is 5.75 Å². The molecule has 0 fully saturated rings. The predicted octanol–water partition coefficient (Wildman–Crippen LogP) is 5.86. The highest BCUT2D eigenvalue weighted by atomic mass is 16.3. The van der Waals surface area contributed by atoms with Gasteiger partial charge < -0.3 is 5.11 Å². The van der Waals surface area contributed by atoms with Crippen molar-refractivity contribution in [2.45, 2.75) is 0 Å². The molecule has 130 valence electrons. The Hall–Kier alpha value is -3.72. The maximum Gasteiger partial charge on any atom is 0.141 e. The molecule has 3 heteroatoms. The van der Waals surface area contributed by atoms with Gasteiger partial charge in [0.25, 0.3) is 0 Å². The van der Waals surface area contributed by atoms with Crippen LogP contribution < -0.4 is 0 Å². The minimum absolute atomic E-state index is 0.166. The fourth-order valence-electron chi connectivity index (χ4n) is 2.85. The van der Waals surface area contributed by atoms with E-state index in [0.29, 0.717) is 5.52 Å². The van der Waals surface area contributed by atoms with E-state index in [4.69, 9.17) is 0 Å². The van der Waals surface area contributed by atoms with Crippen molar-refractivity contribution in [2.24, 2.45) is 4.99 Å². The maximum absolute atomic E-state index is 9.92. The number of pyridine rings is 1. The fraction of sp³-hybridized carbons (Fsp3) is 0. The van der Waals surface area contributed by atoms with Crippen molar-refractivity contribution in [3.8, 4) is 5.75 Å². The number of rotatable bonds is 4. The first-order valence-corrected chi connectivity index (χ1v) is 8.73. The zero-order chi connectivity index (χ0) is 18.5. The molecule has 1 aromatic heterocycles. The van der Waals surface area contributed by atoms with Gasteiger partial charge in [-0.1, -0.05) is 66.7 Å². The highest BCUT2D eigenvalue weighted by molar-refractivity contribution is 5.96. The molecule has 0 saturated heterocycles. The highest BCUT2D eigenvalue weighted by Gasteiger charge is 2.04. The molecule has 0 spiro atoms. The quantitative estimate of drug-likeness (QED) is 0.370. The van der Waals surface area contributed by atoms with E-state index in [1.165, 1.54) is 5.56 Å². The number of fused-ring (bicyclic) bond motifs is 1. The van der Waals surface area contributed by atoms with E-state index >= 15 is 0 Å². The number of benzene rings is 3. The van der Waals surface area contributed by atoms with E-state index in [1.807, 2.05) is 48.7 Å². The van der Waals surface area contributed by atoms with E-state index in [-0.39, 0.29) is 5.75 Å². The van der Waals surface area contributed by atoms with Gasteiger partial charge in [0.1, 0.15) is 11.3 Å². The Morgan fingerprint density at radius 1 is 0.704 bits per heavy atom. The van der Waals surface area contributed by atoms with Gasteiger partial charge in [0.05, 0.1) is 5.69 Å². The van der Waals surface area contributed by atoms with Crippen LogP contribution in [0, 0.1) is 0 Å². The van der Waals surface area contributed by atoms with Crippen LogP contribution in [0.15, 0.2) is 90.1 Å². The van der Waals surface area contributed by atoms with Gasteiger partial charge >= 0.3 is 0 Å². The third-order valence-electron chi connectivity index (χ3n) is 4.28. The Morgan fingerprint density at radius 3 is 2.19 bits per heavy atom. The molecule has 3 aromatic carbocycles. The first-order valence-electron chi connectivity index (χ1n) is 8.73. The number of aromatic nitrogens is 1. The number of hydrogen-bond donors (Lipinski definition) is 1. The topological polar surface area (TPSA) is 45.5 Å². The van der Waals surface area contributed by atoms with Crippen molar-refractivity contribution in [2.75, 3.05) is 0 Å². The van der Waals surface area contributed by atoms with Crippen LogP contribution in [0.1, 0.15) is 16.7 Å². The highest BCUT2D eigenvalue weighted by Crippen LogP contribution is 2.30. The van der Waals surface area contributed by atoms with Crippen molar-refractivity contribution in [1.82, 2.24) is 4.98 Å². The van der Waals surface area contributed by atoms with E-state index < -0.39 is 0 Å². The molecule has 0 unspecified atom stereocenters. The predicted molar refractivity (Wildman–Crippen MR) is 112 cm³/mol. The molecule has 0 aliphatic carbocycles. The Labute approximate surface area is 158 Å². The van der Waals surface area contributed by atoms with Gasteiger partial charge in [-0.05, 0) is 41.0 Å². The third-order valence-corrected chi connectivity index (χ3v) is 4.28. The van der Waals surface area contributed by atoms with Gasteiger partial charge in [0, 0.05) is 17.8 Å². The van der Waals surface area contributed by atoms with Gasteiger partial charge in [-0.25, -0.2) is 0 Å². The molecule has 4 rings (SSSR count). The molecule has 0 radical (unpaired) electrons. The fourth-order valence-corrected chi connectivity index (χ4v) is 2.85. The second-order valence-corrected chi connectivity index (χ2v) is 6.17. The van der Waals surface area contributed by atoms with Crippen molar-refractivity contribution in [1.29, 1.82) is 0 Å². The lowest BCUT2D eigenvalue weighted by Gasteiger charge is -2.03. The van der Waals surface area contributed by atoms with Crippen molar-refractivity contribution >= 4 is 35.0 Å². The largest absolute Gasteiger partial charge is 0.506 e. The Morgan fingerprint density at radius 2 is 1.41 bits per heavy atom. The number of phenols is 1. The van der Waals surface area contributed by atoms with E-state index in [1.54, 1.807) is 18.3 Å². The Balaban J connectivity index is 1.54. The monoisotopic (exact) mass is 350 g/mol. The summed E-state index contributed by atoms with van der Waals surface area (Å²) in [7, 11) is 0. The van der Waals surface area contributed by atoms with Crippen molar-refractivity contribution in [3.63, 3.8) is 0 Å². The second kappa shape index (κ2) is 7.67. The standard InChI is InChI=1S/C24H18N2O/c27-23-15-14-22(21-7-4-16-25-24(21)23)26-17-20-12-10-19(11-13-20)9-8-18-5-2-1-3-6-18/h1-17,27H. The minimum atomic E-state index is 0.166. The molecular weight excluding hydrogens is 332 g/mol. The molecule has 3 nitrogen and oxygen atoms in total. The smallest absolute Gasteiger partial charge is 0.141 e. The third kappa shape index (κ3) is 3.93. The molecule has 4 aromatic rings. The van der Waals surface area contributed by atoms with Crippen molar-refractivity contribution < 1.29 is 5.11 Å². The van der Waals surface area contributed by atoms with Gasteiger partial charge in [-0.3, -0.25) is 9.98 Å². The Kier molecular flexibility index (Phi) is 4.75. The molecule has 1 N–H and O–H groups in total. The lowest BCUT2D eigenvalue weighted by atomic mass is 10.1. The Bertz CT molecular complexity index is 1110. The summed E-state index contributed by atoms with van der Waals surface area (Å²) < 4.78 is 0. The molecule has 0 aliphatic heterocycles. The van der Waals surface area contributed by atoms with Gasteiger partial charge in [0.15, 0.2) is 0 Å². The number of aliphatic imine (C=N–C) groups is 1. The summed E-state index contributed by atoms with van der Waals surface area (Å²) in [5.41, 5.74) is 4.67.